The second-order valence-corrected chi connectivity index (χ2v) is 5.09. The van der Waals surface area contributed by atoms with Crippen LogP contribution in [0.25, 0.3) is 0 Å². The van der Waals surface area contributed by atoms with Gasteiger partial charge in [0.15, 0.2) is 0 Å². The van der Waals surface area contributed by atoms with Gasteiger partial charge < -0.3 is 15.8 Å². The maximum absolute atomic E-state index is 5.88. The SMILES string of the molecule is CCCO[C@H]1CNC[C@H]1Cc1cc(C)cc(N)n1. The molecule has 0 radical (unpaired) electrons. The molecular weight excluding hydrogens is 226 g/mol. The Hall–Kier alpha value is -1.13. The number of aromatic nitrogens is 1. The van der Waals surface area contributed by atoms with Gasteiger partial charge in [-0.05, 0) is 37.5 Å². The molecule has 1 aromatic rings. The van der Waals surface area contributed by atoms with Gasteiger partial charge in [0.25, 0.3) is 0 Å². The Bertz CT molecular complexity index is 374. The Morgan fingerprint density at radius 3 is 3.00 bits per heavy atom. The Labute approximate surface area is 109 Å². The number of nitrogen functional groups attached to an aromatic ring is 1. The van der Waals surface area contributed by atoms with Gasteiger partial charge in [0.2, 0.25) is 0 Å². The lowest BCUT2D eigenvalue weighted by molar-refractivity contribution is 0.0381. The molecule has 1 aliphatic rings. The van der Waals surface area contributed by atoms with Gasteiger partial charge in [-0.1, -0.05) is 6.92 Å². The zero-order valence-electron chi connectivity index (χ0n) is 11.3. The molecule has 0 aliphatic carbocycles. The van der Waals surface area contributed by atoms with Crippen LogP contribution in [0.2, 0.25) is 0 Å². The number of pyridine rings is 1. The number of ether oxygens (including phenoxy) is 1. The minimum absolute atomic E-state index is 0.313. The fourth-order valence-corrected chi connectivity index (χ4v) is 2.52. The molecule has 0 bridgehead atoms. The van der Waals surface area contributed by atoms with Crippen LogP contribution in [0.3, 0.4) is 0 Å². The number of nitrogens with two attached hydrogens (primary N) is 1. The van der Waals surface area contributed by atoms with Gasteiger partial charge in [-0.15, -0.1) is 0 Å². The van der Waals surface area contributed by atoms with Crippen molar-refractivity contribution in [1.29, 1.82) is 0 Å². The van der Waals surface area contributed by atoms with E-state index in [0.29, 0.717) is 17.8 Å². The average molecular weight is 249 g/mol. The average Bonchev–Trinajstić information content (AvgIpc) is 2.72. The number of hydrogen-bond acceptors (Lipinski definition) is 4. The highest BCUT2D eigenvalue weighted by Gasteiger charge is 2.28. The normalized spacial score (nSPS) is 23.4. The Morgan fingerprint density at radius 1 is 1.44 bits per heavy atom. The lowest BCUT2D eigenvalue weighted by Gasteiger charge is -2.19. The van der Waals surface area contributed by atoms with Crippen LogP contribution >= 0.6 is 0 Å². The van der Waals surface area contributed by atoms with Gasteiger partial charge >= 0.3 is 0 Å². The summed E-state index contributed by atoms with van der Waals surface area (Å²) in [6, 6.07) is 4.02. The van der Waals surface area contributed by atoms with Crippen molar-refractivity contribution in [3.05, 3.63) is 23.4 Å². The predicted octanol–water partition coefficient (Wildman–Crippen LogP) is 1.53. The van der Waals surface area contributed by atoms with Crippen molar-refractivity contribution in [2.24, 2.45) is 5.92 Å². The van der Waals surface area contributed by atoms with Crippen molar-refractivity contribution >= 4 is 5.82 Å². The number of nitrogens with zero attached hydrogens (tertiary/aromatic N) is 1. The van der Waals surface area contributed by atoms with Crippen molar-refractivity contribution in [1.82, 2.24) is 10.3 Å². The summed E-state index contributed by atoms with van der Waals surface area (Å²) in [5.74, 6) is 1.12. The molecule has 1 saturated heterocycles. The molecule has 0 amide bonds. The molecule has 2 rings (SSSR count). The Morgan fingerprint density at radius 2 is 2.28 bits per heavy atom. The topological polar surface area (TPSA) is 60.2 Å². The van der Waals surface area contributed by atoms with Crippen LogP contribution in [-0.4, -0.2) is 30.8 Å². The van der Waals surface area contributed by atoms with Crippen LogP contribution in [0, 0.1) is 12.8 Å². The second kappa shape index (κ2) is 6.16. The summed E-state index contributed by atoms with van der Waals surface area (Å²) in [5, 5.41) is 3.40. The quantitative estimate of drug-likeness (QED) is 0.831. The highest BCUT2D eigenvalue weighted by molar-refractivity contribution is 5.34. The van der Waals surface area contributed by atoms with E-state index in [-0.39, 0.29) is 0 Å². The van der Waals surface area contributed by atoms with Gasteiger partial charge in [0.05, 0.1) is 6.10 Å². The van der Waals surface area contributed by atoms with Gasteiger partial charge in [0.1, 0.15) is 5.82 Å². The standard InChI is InChI=1S/C14H23N3O/c1-3-4-18-13-9-16-8-11(13)7-12-5-10(2)6-14(15)17-12/h5-6,11,13,16H,3-4,7-9H2,1-2H3,(H2,15,17)/t11-,13+/m1/s1. The van der Waals surface area contributed by atoms with E-state index in [9.17, 15) is 0 Å². The highest BCUT2D eigenvalue weighted by atomic mass is 16.5. The van der Waals surface area contributed by atoms with Crippen molar-refractivity contribution in [3.8, 4) is 0 Å². The summed E-state index contributed by atoms with van der Waals surface area (Å²) in [6.07, 6.45) is 2.32. The van der Waals surface area contributed by atoms with E-state index in [4.69, 9.17) is 10.5 Å². The third-order valence-corrected chi connectivity index (χ3v) is 3.33. The molecule has 1 fully saturated rings. The van der Waals surface area contributed by atoms with E-state index in [2.05, 4.69) is 30.2 Å². The molecular formula is C14H23N3O. The number of rotatable bonds is 5. The third-order valence-electron chi connectivity index (χ3n) is 3.33. The van der Waals surface area contributed by atoms with E-state index in [1.54, 1.807) is 0 Å². The largest absolute Gasteiger partial charge is 0.384 e. The third kappa shape index (κ3) is 3.43. The zero-order chi connectivity index (χ0) is 13.0. The van der Waals surface area contributed by atoms with Crippen LogP contribution in [0.4, 0.5) is 5.82 Å². The number of nitrogens with one attached hydrogen (secondary N) is 1. The first kappa shape index (κ1) is 13.3. The van der Waals surface area contributed by atoms with Crippen molar-refractivity contribution in [2.45, 2.75) is 32.8 Å². The van der Waals surface area contributed by atoms with Crippen LogP contribution < -0.4 is 11.1 Å². The van der Waals surface area contributed by atoms with Crippen LogP contribution in [0.1, 0.15) is 24.6 Å². The Kier molecular flexibility index (Phi) is 4.55. The minimum Gasteiger partial charge on any atom is -0.384 e. The fraction of sp³-hybridized carbons (Fsp3) is 0.643. The predicted molar refractivity (Wildman–Crippen MR) is 73.5 cm³/mol. The zero-order valence-corrected chi connectivity index (χ0v) is 11.3. The highest BCUT2D eigenvalue weighted by Crippen LogP contribution is 2.19. The number of hydrogen-bond donors (Lipinski definition) is 2. The van der Waals surface area contributed by atoms with E-state index >= 15 is 0 Å². The van der Waals surface area contributed by atoms with Crippen molar-refractivity contribution in [3.63, 3.8) is 0 Å². The molecule has 0 unspecified atom stereocenters. The molecule has 0 spiro atoms. The number of anilines is 1. The first-order valence-electron chi connectivity index (χ1n) is 6.74. The van der Waals surface area contributed by atoms with Crippen molar-refractivity contribution < 1.29 is 4.74 Å². The first-order valence-corrected chi connectivity index (χ1v) is 6.74. The monoisotopic (exact) mass is 249 g/mol. The molecule has 4 nitrogen and oxygen atoms in total. The molecule has 2 atom stereocenters. The molecule has 1 aromatic heterocycles. The molecule has 4 heteroatoms. The summed E-state index contributed by atoms with van der Waals surface area (Å²) in [4.78, 5) is 4.41. The summed E-state index contributed by atoms with van der Waals surface area (Å²) < 4.78 is 5.88. The molecule has 100 valence electrons. The van der Waals surface area contributed by atoms with E-state index in [1.165, 1.54) is 5.56 Å². The van der Waals surface area contributed by atoms with Crippen LogP contribution in [0.15, 0.2) is 12.1 Å². The van der Waals surface area contributed by atoms with E-state index in [0.717, 1.165) is 38.2 Å². The second-order valence-electron chi connectivity index (χ2n) is 5.09. The molecule has 3 N–H and O–H groups in total. The molecule has 0 saturated carbocycles. The van der Waals surface area contributed by atoms with Gasteiger partial charge in [0, 0.05) is 31.3 Å². The Balaban J connectivity index is 1.98. The maximum Gasteiger partial charge on any atom is 0.123 e. The lowest BCUT2D eigenvalue weighted by atomic mass is 9.99. The summed E-state index contributed by atoms with van der Waals surface area (Å²) in [6.45, 7) is 6.99. The van der Waals surface area contributed by atoms with Crippen LogP contribution in [0.5, 0.6) is 0 Å². The van der Waals surface area contributed by atoms with Gasteiger partial charge in [-0.3, -0.25) is 0 Å². The van der Waals surface area contributed by atoms with Gasteiger partial charge in [-0.2, -0.15) is 0 Å². The van der Waals surface area contributed by atoms with Gasteiger partial charge in [-0.25, -0.2) is 4.98 Å². The van der Waals surface area contributed by atoms with Crippen LogP contribution in [-0.2, 0) is 11.2 Å². The van der Waals surface area contributed by atoms with E-state index in [1.807, 2.05) is 6.07 Å². The molecule has 1 aliphatic heterocycles. The molecule has 0 aromatic carbocycles. The number of aryl methyl sites for hydroxylation is 1. The minimum atomic E-state index is 0.313. The summed E-state index contributed by atoms with van der Waals surface area (Å²) in [5.41, 5.74) is 8.04. The van der Waals surface area contributed by atoms with E-state index < -0.39 is 0 Å². The summed E-state index contributed by atoms with van der Waals surface area (Å²) >= 11 is 0. The summed E-state index contributed by atoms with van der Waals surface area (Å²) in [7, 11) is 0. The molecule has 18 heavy (non-hydrogen) atoms. The smallest absolute Gasteiger partial charge is 0.123 e. The maximum atomic E-state index is 5.88. The van der Waals surface area contributed by atoms with Crippen molar-refractivity contribution in [2.75, 3.05) is 25.4 Å². The fourth-order valence-electron chi connectivity index (χ4n) is 2.52. The lowest BCUT2D eigenvalue weighted by Crippen LogP contribution is -2.25. The first-order chi connectivity index (χ1) is 8.69. The molecule has 2 heterocycles.